The third-order valence-electron chi connectivity index (χ3n) is 5.01. The molecule has 1 aliphatic heterocycles. The number of aliphatic hydroxyl groups is 1. The van der Waals surface area contributed by atoms with Gasteiger partial charge in [0.2, 0.25) is 0 Å². The Bertz CT molecular complexity index is 972. The molecule has 2 aromatic rings. The summed E-state index contributed by atoms with van der Waals surface area (Å²) in [4.78, 5) is 33.2. The fraction of sp³-hybridized carbons (Fsp3) is 0.318. The first-order chi connectivity index (χ1) is 14.4. The molecule has 1 saturated heterocycles. The molecule has 8 nitrogen and oxygen atoms in total. The second kappa shape index (κ2) is 8.96. The number of hydrogen-bond donors (Lipinski definition) is 1. The van der Waals surface area contributed by atoms with Crippen molar-refractivity contribution < 1.29 is 24.2 Å². The molecule has 3 rings (SSSR count). The summed E-state index contributed by atoms with van der Waals surface area (Å²) in [5, 5.41) is 10.9. The summed E-state index contributed by atoms with van der Waals surface area (Å²) >= 11 is 0. The molecule has 1 amide bonds. The highest BCUT2D eigenvalue weighted by Crippen LogP contribution is 2.41. The third-order valence-corrected chi connectivity index (χ3v) is 5.01. The lowest BCUT2D eigenvalue weighted by molar-refractivity contribution is -0.140. The molecule has 8 heteroatoms. The fourth-order valence-corrected chi connectivity index (χ4v) is 3.45. The van der Waals surface area contributed by atoms with Crippen LogP contribution in [0.1, 0.15) is 17.2 Å². The van der Waals surface area contributed by atoms with E-state index in [0.29, 0.717) is 35.7 Å². The number of likely N-dealkylation sites (tertiary alicyclic amines) is 1. The van der Waals surface area contributed by atoms with E-state index in [1.54, 1.807) is 30.3 Å². The van der Waals surface area contributed by atoms with E-state index >= 15 is 0 Å². The topological polar surface area (TPSA) is 92.2 Å². The number of carbonyl (C=O) groups excluding carboxylic acids is 2. The number of nitrogens with zero attached hydrogens (tertiary/aromatic N) is 3. The van der Waals surface area contributed by atoms with Gasteiger partial charge in [-0.1, -0.05) is 6.07 Å². The van der Waals surface area contributed by atoms with Crippen molar-refractivity contribution in [1.82, 2.24) is 14.8 Å². The van der Waals surface area contributed by atoms with Crippen LogP contribution in [0, 0.1) is 0 Å². The van der Waals surface area contributed by atoms with Crippen molar-refractivity contribution in [3.8, 4) is 11.5 Å². The first-order valence-electron chi connectivity index (χ1n) is 9.44. The van der Waals surface area contributed by atoms with Gasteiger partial charge in [-0.25, -0.2) is 0 Å². The molecule has 2 heterocycles. The van der Waals surface area contributed by atoms with E-state index in [-0.39, 0.29) is 11.3 Å². The van der Waals surface area contributed by atoms with Gasteiger partial charge >= 0.3 is 0 Å². The summed E-state index contributed by atoms with van der Waals surface area (Å²) in [6.45, 7) is 0.885. The van der Waals surface area contributed by atoms with Gasteiger partial charge in [0.1, 0.15) is 5.76 Å². The van der Waals surface area contributed by atoms with Crippen LogP contribution >= 0.6 is 0 Å². The standard InChI is InChI=1S/C22H25N3O5/c1-24(2)11-12-25-19(15-5-6-16(29-3)17(13-15)30-4)18(21(27)22(25)28)20(26)14-7-9-23-10-8-14/h5-10,13,19,26H,11-12H2,1-4H3/b20-18-. The maximum Gasteiger partial charge on any atom is 0.295 e. The average molecular weight is 411 g/mol. The van der Waals surface area contributed by atoms with Gasteiger partial charge in [0.15, 0.2) is 11.5 Å². The Balaban J connectivity index is 2.17. The van der Waals surface area contributed by atoms with Crippen molar-refractivity contribution in [2.24, 2.45) is 0 Å². The minimum Gasteiger partial charge on any atom is -0.507 e. The second-order valence-corrected chi connectivity index (χ2v) is 7.15. The lowest BCUT2D eigenvalue weighted by Gasteiger charge is -2.27. The van der Waals surface area contributed by atoms with Crippen LogP contribution < -0.4 is 9.47 Å². The number of aliphatic hydroxyl groups excluding tert-OH is 1. The summed E-state index contributed by atoms with van der Waals surface area (Å²) in [5.74, 6) is -0.601. The highest BCUT2D eigenvalue weighted by molar-refractivity contribution is 6.46. The summed E-state index contributed by atoms with van der Waals surface area (Å²) < 4.78 is 10.7. The SMILES string of the molecule is COc1ccc(C2/C(=C(/O)c3ccncc3)C(=O)C(=O)N2CCN(C)C)cc1OC. The van der Waals surface area contributed by atoms with Gasteiger partial charge < -0.3 is 24.4 Å². The zero-order chi connectivity index (χ0) is 21.8. The van der Waals surface area contributed by atoms with Crippen LogP contribution in [0.4, 0.5) is 0 Å². The quantitative estimate of drug-likeness (QED) is 0.424. The van der Waals surface area contributed by atoms with Crippen molar-refractivity contribution in [1.29, 1.82) is 0 Å². The number of Topliss-reactive ketones (excluding diaryl/α,β-unsaturated/α-hetero) is 1. The lowest BCUT2D eigenvalue weighted by atomic mass is 9.95. The number of benzene rings is 1. The largest absolute Gasteiger partial charge is 0.507 e. The number of pyridine rings is 1. The van der Waals surface area contributed by atoms with Crippen molar-refractivity contribution in [2.45, 2.75) is 6.04 Å². The molecule has 0 bridgehead atoms. The van der Waals surface area contributed by atoms with Crippen LogP contribution in [0.15, 0.2) is 48.3 Å². The van der Waals surface area contributed by atoms with Crippen LogP contribution in [-0.2, 0) is 9.59 Å². The number of ether oxygens (including phenoxy) is 2. The van der Waals surface area contributed by atoms with Crippen LogP contribution in [-0.4, -0.2) is 73.0 Å². The smallest absolute Gasteiger partial charge is 0.295 e. The molecule has 1 atom stereocenters. The third kappa shape index (κ3) is 3.99. The number of rotatable bonds is 7. The predicted octanol–water partition coefficient (Wildman–Crippen LogP) is 2.08. The molecule has 1 aliphatic rings. The Morgan fingerprint density at radius 3 is 2.37 bits per heavy atom. The Morgan fingerprint density at radius 2 is 1.77 bits per heavy atom. The van der Waals surface area contributed by atoms with Gasteiger partial charge in [0, 0.05) is 31.0 Å². The molecule has 158 valence electrons. The Kier molecular flexibility index (Phi) is 6.37. The summed E-state index contributed by atoms with van der Waals surface area (Å²) in [6.07, 6.45) is 3.03. The van der Waals surface area contributed by atoms with Gasteiger partial charge in [-0.2, -0.15) is 0 Å². The van der Waals surface area contributed by atoms with Crippen LogP contribution in [0.3, 0.4) is 0 Å². The molecule has 0 saturated carbocycles. The normalized spacial score (nSPS) is 18.2. The Hall–Kier alpha value is -3.39. The van der Waals surface area contributed by atoms with Crippen LogP contribution in [0.5, 0.6) is 11.5 Å². The van der Waals surface area contributed by atoms with E-state index in [0.717, 1.165) is 0 Å². The number of likely N-dealkylation sites (N-methyl/N-ethyl adjacent to an activating group) is 1. The van der Waals surface area contributed by atoms with Gasteiger partial charge in [-0.05, 0) is 43.9 Å². The molecule has 30 heavy (non-hydrogen) atoms. The predicted molar refractivity (Wildman–Crippen MR) is 111 cm³/mol. The van der Waals surface area contributed by atoms with E-state index in [1.165, 1.54) is 31.5 Å². The number of hydrogen-bond acceptors (Lipinski definition) is 7. The molecule has 0 aliphatic carbocycles. The molecule has 1 N–H and O–H groups in total. The first-order valence-corrected chi connectivity index (χ1v) is 9.44. The van der Waals surface area contributed by atoms with Gasteiger partial charge in [0.25, 0.3) is 11.7 Å². The van der Waals surface area contributed by atoms with Crippen LogP contribution in [0.25, 0.3) is 5.76 Å². The zero-order valence-electron chi connectivity index (χ0n) is 17.5. The van der Waals surface area contributed by atoms with E-state index < -0.39 is 17.7 Å². The molecule has 0 spiro atoms. The van der Waals surface area contributed by atoms with Crippen LogP contribution in [0.2, 0.25) is 0 Å². The maximum absolute atomic E-state index is 12.9. The second-order valence-electron chi connectivity index (χ2n) is 7.15. The summed E-state index contributed by atoms with van der Waals surface area (Å²) in [6, 6.07) is 7.63. The lowest BCUT2D eigenvalue weighted by Crippen LogP contribution is -2.35. The minimum atomic E-state index is -0.752. The summed E-state index contributed by atoms with van der Waals surface area (Å²) in [7, 11) is 6.82. The van der Waals surface area contributed by atoms with Crippen molar-refractivity contribution in [3.63, 3.8) is 0 Å². The zero-order valence-corrected chi connectivity index (χ0v) is 17.5. The summed E-state index contributed by atoms with van der Waals surface area (Å²) in [5.41, 5.74) is 1.10. The molecule has 1 fully saturated rings. The Morgan fingerprint density at radius 1 is 1.10 bits per heavy atom. The molecule has 1 unspecified atom stereocenters. The van der Waals surface area contributed by atoms with Gasteiger partial charge in [-0.15, -0.1) is 0 Å². The first kappa shape index (κ1) is 21.3. The molecular weight excluding hydrogens is 386 g/mol. The van der Waals surface area contributed by atoms with Gasteiger partial charge in [-0.3, -0.25) is 14.6 Å². The molecule has 0 radical (unpaired) electrons. The highest BCUT2D eigenvalue weighted by atomic mass is 16.5. The maximum atomic E-state index is 12.9. The minimum absolute atomic E-state index is 0.0391. The van der Waals surface area contributed by atoms with Crippen molar-refractivity contribution >= 4 is 17.4 Å². The van der Waals surface area contributed by atoms with Crippen molar-refractivity contribution in [2.75, 3.05) is 41.4 Å². The monoisotopic (exact) mass is 411 g/mol. The molecular formula is C22H25N3O5. The van der Waals surface area contributed by atoms with E-state index in [4.69, 9.17) is 9.47 Å². The van der Waals surface area contributed by atoms with E-state index in [1.807, 2.05) is 19.0 Å². The number of carbonyl (C=O) groups is 2. The van der Waals surface area contributed by atoms with Gasteiger partial charge in [0.05, 0.1) is 25.8 Å². The Labute approximate surface area is 175 Å². The van der Waals surface area contributed by atoms with E-state index in [2.05, 4.69) is 4.98 Å². The number of methoxy groups -OCH3 is 2. The molecule has 1 aromatic heterocycles. The van der Waals surface area contributed by atoms with E-state index in [9.17, 15) is 14.7 Å². The van der Waals surface area contributed by atoms with Crippen molar-refractivity contribution in [3.05, 3.63) is 59.4 Å². The number of aromatic nitrogens is 1. The number of ketones is 1. The average Bonchev–Trinajstić information content (AvgIpc) is 3.01. The highest BCUT2D eigenvalue weighted by Gasteiger charge is 2.46. The number of amides is 1. The molecule has 1 aromatic carbocycles. The fourth-order valence-electron chi connectivity index (χ4n) is 3.45.